The number of hydrogen-bond acceptors (Lipinski definition) is 7. The van der Waals surface area contributed by atoms with Crippen LogP contribution in [-0.4, -0.2) is 40.2 Å². The van der Waals surface area contributed by atoms with Crippen molar-refractivity contribution in [2.24, 2.45) is 7.05 Å². The molecule has 0 saturated heterocycles. The molecule has 0 radical (unpaired) electrons. The Balaban J connectivity index is 1.39. The minimum absolute atomic E-state index is 0.0307. The molecule has 0 spiro atoms. The number of carbonyl (C=O) groups is 1. The molecule has 1 amide bonds. The lowest BCUT2D eigenvalue weighted by molar-refractivity contribution is 0.0937. The smallest absolute Gasteiger partial charge is 0.292 e. The molecule has 10 nitrogen and oxygen atoms in total. The van der Waals surface area contributed by atoms with Crippen molar-refractivity contribution in [2.75, 3.05) is 0 Å². The lowest BCUT2D eigenvalue weighted by Gasteiger charge is -2.12. The zero-order valence-electron chi connectivity index (χ0n) is 20.3. The second-order valence-corrected chi connectivity index (χ2v) is 9.52. The van der Waals surface area contributed by atoms with Crippen molar-refractivity contribution in [3.63, 3.8) is 0 Å². The van der Waals surface area contributed by atoms with Gasteiger partial charge in [0.15, 0.2) is 0 Å². The van der Waals surface area contributed by atoms with Crippen LogP contribution in [0.2, 0.25) is 0 Å². The van der Waals surface area contributed by atoms with Crippen LogP contribution in [0.1, 0.15) is 48.4 Å². The van der Waals surface area contributed by atoms with Crippen LogP contribution >= 0.6 is 0 Å². The molecule has 0 saturated carbocycles. The highest BCUT2D eigenvalue weighted by Crippen LogP contribution is 2.26. The Kier molecular flexibility index (Phi) is 5.43. The number of aryl methyl sites for hydroxylation is 2. The second kappa shape index (κ2) is 8.46. The normalized spacial score (nSPS) is 11.8. The third-order valence-corrected chi connectivity index (χ3v) is 5.70. The Morgan fingerprint density at radius 3 is 2.66 bits per heavy atom. The van der Waals surface area contributed by atoms with Crippen molar-refractivity contribution in [3.8, 4) is 22.6 Å². The SMILES string of the molecule is Cc1cc(-c2nc(-c3cnn(C)c3)cc3nccn23)ccc1CNC(=O)c1noc(C(C)(C)C)n1. The van der Waals surface area contributed by atoms with Gasteiger partial charge in [-0.25, -0.2) is 9.97 Å². The average Bonchev–Trinajstić information content (AvgIpc) is 3.57. The first-order valence-electron chi connectivity index (χ1n) is 11.2. The molecule has 0 aliphatic rings. The first kappa shape index (κ1) is 22.5. The molecule has 0 aliphatic carbocycles. The second-order valence-electron chi connectivity index (χ2n) is 9.52. The van der Waals surface area contributed by atoms with Crippen LogP contribution in [0.4, 0.5) is 0 Å². The number of benzene rings is 1. The molecule has 35 heavy (non-hydrogen) atoms. The van der Waals surface area contributed by atoms with Crippen molar-refractivity contribution in [2.45, 2.75) is 39.7 Å². The van der Waals surface area contributed by atoms with Gasteiger partial charge in [0.1, 0.15) is 11.5 Å². The van der Waals surface area contributed by atoms with Gasteiger partial charge in [-0.15, -0.1) is 0 Å². The summed E-state index contributed by atoms with van der Waals surface area (Å²) in [6.07, 6.45) is 7.37. The van der Waals surface area contributed by atoms with Gasteiger partial charge >= 0.3 is 0 Å². The topological polar surface area (TPSA) is 116 Å². The van der Waals surface area contributed by atoms with E-state index in [0.29, 0.717) is 12.4 Å². The van der Waals surface area contributed by atoms with E-state index in [9.17, 15) is 4.79 Å². The lowest BCUT2D eigenvalue weighted by atomic mass is 9.97. The van der Waals surface area contributed by atoms with E-state index in [4.69, 9.17) is 9.51 Å². The maximum atomic E-state index is 12.5. The minimum atomic E-state index is -0.376. The van der Waals surface area contributed by atoms with Crippen LogP contribution in [0.3, 0.4) is 0 Å². The van der Waals surface area contributed by atoms with Gasteiger partial charge in [0.05, 0.1) is 11.9 Å². The molecule has 10 heteroatoms. The predicted octanol–water partition coefficient (Wildman–Crippen LogP) is 3.72. The van der Waals surface area contributed by atoms with Gasteiger partial charge in [0.2, 0.25) is 5.89 Å². The van der Waals surface area contributed by atoms with Crippen LogP contribution in [0.25, 0.3) is 28.3 Å². The monoisotopic (exact) mass is 470 g/mol. The number of hydrogen-bond donors (Lipinski definition) is 1. The zero-order chi connectivity index (χ0) is 24.7. The quantitative estimate of drug-likeness (QED) is 0.416. The molecule has 1 aromatic carbocycles. The summed E-state index contributed by atoms with van der Waals surface area (Å²) in [5, 5.41) is 10.9. The van der Waals surface area contributed by atoms with Crippen LogP contribution in [0.5, 0.6) is 0 Å². The molecular formula is C25H26N8O2. The van der Waals surface area contributed by atoms with Crippen LogP contribution in [-0.2, 0) is 19.0 Å². The molecule has 0 atom stereocenters. The summed E-state index contributed by atoms with van der Waals surface area (Å²) in [5.41, 5.74) is 5.15. The molecule has 1 N–H and O–H groups in total. The van der Waals surface area contributed by atoms with E-state index in [1.54, 1.807) is 17.1 Å². The van der Waals surface area contributed by atoms with Gasteiger partial charge in [0, 0.05) is 54.8 Å². The average molecular weight is 471 g/mol. The van der Waals surface area contributed by atoms with Gasteiger partial charge in [-0.05, 0) is 24.1 Å². The summed E-state index contributed by atoms with van der Waals surface area (Å²) < 4.78 is 8.93. The molecule has 5 rings (SSSR count). The van der Waals surface area contributed by atoms with Crippen molar-refractivity contribution in [1.82, 2.24) is 39.6 Å². The highest BCUT2D eigenvalue weighted by molar-refractivity contribution is 5.90. The van der Waals surface area contributed by atoms with Gasteiger partial charge in [0.25, 0.3) is 11.7 Å². The fourth-order valence-corrected chi connectivity index (χ4v) is 3.74. The van der Waals surface area contributed by atoms with Gasteiger partial charge in [-0.3, -0.25) is 13.9 Å². The lowest BCUT2D eigenvalue weighted by Crippen LogP contribution is -2.24. The molecule has 5 aromatic rings. The fourth-order valence-electron chi connectivity index (χ4n) is 3.74. The van der Waals surface area contributed by atoms with E-state index in [1.807, 2.05) is 69.7 Å². The van der Waals surface area contributed by atoms with Crippen LogP contribution in [0.15, 0.2) is 53.6 Å². The molecule has 178 valence electrons. The summed E-state index contributed by atoms with van der Waals surface area (Å²) in [4.78, 5) is 26.1. The molecule has 4 heterocycles. The maximum absolute atomic E-state index is 12.5. The predicted molar refractivity (Wildman–Crippen MR) is 130 cm³/mol. The summed E-state index contributed by atoms with van der Waals surface area (Å²) in [7, 11) is 1.88. The first-order valence-corrected chi connectivity index (χ1v) is 11.2. The number of nitrogens with one attached hydrogen (secondary N) is 1. The summed E-state index contributed by atoms with van der Waals surface area (Å²) in [5.74, 6) is 0.857. The Hall–Kier alpha value is -4.34. The van der Waals surface area contributed by atoms with E-state index in [-0.39, 0.29) is 17.1 Å². The largest absolute Gasteiger partial charge is 0.345 e. The number of fused-ring (bicyclic) bond motifs is 1. The number of amides is 1. The minimum Gasteiger partial charge on any atom is -0.345 e. The van der Waals surface area contributed by atoms with E-state index in [0.717, 1.165) is 39.4 Å². The van der Waals surface area contributed by atoms with E-state index < -0.39 is 0 Å². The number of rotatable bonds is 5. The molecular weight excluding hydrogens is 444 g/mol. The molecule has 4 aromatic heterocycles. The van der Waals surface area contributed by atoms with E-state index >= 15 is 0 Å². The summed E-state index contributed by atoms with van der Waals surface area (Å²) >= 11 is 0. The fraction of sp³-hybridized carbons (Fsp3) is 0.280. The third-order valence-electron chi connectivity index (χ3n) is 5.70. The van der Waals surface area contributed by atoms with Crippen LogP contribution < -0.4 is 5.32 Å². The summed E-state index contributed by atoms with van der Waals surface area (Å²) in [6.45, 7) is 8.20. The number of aromatic nitrogens is 7. The molecule has 0 aliphatic heterocycles. The van der Waals surface area contributed by atoms with Crippen molar-refractivity contribution >= 4 is 11.6 Å². The zero-order valence-corrected chi connectivity index (χ0v) is 20.3. The third kappa shape index (κ3) is 4.42. The van der Waals surface area contributed by atoms with Gasteiger partial charge < -0.3 is 9.84 Å². The first-order chi connectivity index (χ1) is 16.7. The Labute approximate surface area is 202 Å². The maximum Gasteiger partial charge on any atom is 0.292 e. The van der Waals surface area contributed by atoms with Crippen molar-refractivity contribution < 1.29 is 9.32 Å². The van der Waals surface area contributed by atoms with E-state index in [1.165, 1.54) is 0 Å². The molecule has 0 bridgehead atoms. The number of nitrogens with zero attached hydrogens (tertiary/aromatic N) is 7. The molecule has 0 fully saturated rings. The van der Waals surface area contributed by atoms with Crippen molar-refractivity contribution in [1.29, 1.82) is 0 Å². The Morgan fingerprint density at radius 1 is 1.14 bits per heavy atom. The number of imidazole rings is 1. The number of carbonyl (C=O) groups excluding carboxylic acids is 1. The van der Waals surface area contributed by atoms with Crippen LogP contribution in [0, 0.1) is 6.92 Å². The standard InChI is InChI=1S/C25H26N8O2/c1-15-10-16(6-7-17(15)12-27-23(34)21-30-24(35-31-21)25(2,3)4)22-29-19(18-13-28-32(5)14-18)11-20-26-8-9-33(20)22/h6-11,13-14H,12H2,1-5H3,(H,27,34). The van der Waals surface area contributed by atoms with Crippen molar-refractivity contribution in [3.05, 3.63) is 71.9 Å². The summed E-state index contributed by atoms with van der Waals surface area (Å²) in [6, 6.07) is 7.99. The Morgan fingerprint density at radius 2 is 1.97 bits per heavy atom. The van der Waals surface area contributed by atoms with Gasteiger partial charge in [-0.1, -0.05) is 38.1 Å². The molecule has 0 unspecified atom stereocenters. The highest BCUT2D eigenvalue weighted by Gasteiger charge is 2.24. The van der Waals surface area contributed by atoms with E-state index in [2.05, 4.69) is 31.6 Å². The highest BCUT2D eigenvalue weighted by atomic mass is 16.5. The van der Waals surface area contributed by atoms with Gasteiger partial charge in [-0.2, -0.15) is 10.1 Å². The Bertz CT molecular complexity index is 1540.